The third-order valence-electron chi connectivity index (χ3n) is 2.14. The molecule has 3 nitrogen and oxygen atoms in total. The van der Waals surface area contributed by atoms with Crippen LogP contribution in [0.25, 0.3) is 0 Å². The molecule has 2 N–H and O–H groups in total. The van der Waals surface area contributed by atoms with E-state index in [-0.39, 0.29) is 6.54 Å². The van der Waals surface area contributed by atoms with Crippen LogP contribution >= 0.6 is 0 Å². The van der Waals surface area contributed by atoms with E-state index in [9.17, 15) is 4.39 Å². The Balaban J connectivity index is 2.88. The largest absolute Gasteiger partial charge is 0.327 e. The Hall–Kier alpha value is -0.900. The number of nitrogens with zero attached hydrogens (tertiary/aromatic N) is 2. The summed E-state index contributed by atoms with van der Waals surface area (Å²) >= 11 is 0. The second-order valence-electron chi connectivity index (χ2n) is 3.29. The average molecular weight is 185 g/mol. The van der Waals surface area contributed by atoms with Gasteiger partial charge in [-0.15, -0.1) is 0 Å². The fourth-order valence-electron chi connectivity index (χ4n) is 1.38. The maximum atomic E-state index is 14.1. The Morgan fingerprint density at radius 3 is 2.77 bits per heavy atom. The van der Waals surface area contributed by atoms with Gasteiger partial charge in [0.25, 0.3) is 0 Å². The van der Waals surface area contributed by atoms with Crippen LogP contribution in [0.1, 0.15) is 25.5 Å². The van der Waals surface area contributed by atoms with E-state index in [1.165, 1.54) is 0 Å². The Morgan fingerprint density at radius 2 is 2.38 bits per heavy atom. The van der Waals surface area contributed by atoms with Gasteiger partial charge in [0.2, 0.25) is 0 Å². The minimum absolute atomic E-state index is 0.00213. The molecule has 1 aromatic heterocycles. The second-order valence-corrected chi connectivity index (χ2v) is 3.29. The Labute approximate surface area is 77.7 Å². The molecule has 1 unspecified atom stereocenters. The number of alkyl halides is 1. The van der Waals surface area contributed by atoms with Crippen LogP contribution in [0, 0.1) is 0 Å². The molecular formula is C9H16FN3. The third-order valence-corrected chi connectivity index (χ3v) is 2.14. The molecule has 0 saturated carbocycles. The van der Waals surface area contributed by atoms with Crippen molar-refractivity contribution in [2.24, 2.45) is 12.8 Å². The first-order valence-corrected chi connectivity index (χ1v) is 4.51. The molecule has 1 heterocycles. The van der Waals surface area contributed by atoms with Gasteiger partial charge in [0, 0.05) is 19.8 Å². The first-order valence-electron chi connectivity index (χ1n) is 4.51. The molecule has 1 atom stereocenters. The SMILES string of the molecule is CCCC(F)(CN)c1ccn(C)n1. The molecule has 0 spiro atoms. The average Bonchev–Trinajstić information content (AvgIpc) is 2.52. The van der Waals surface area contributed by atoms with Crippen LogP contribution in [0.3, 0.4) is 0 Å². The molecular weight excluding hydrogens is 169 g/mol. The van der Waals surface area contributed by atoms with Crippen LogP contribution in [0.2, 0.25) is 0 Å². The molecule has 0 aromatic carbocycles. The highest BCUT2D eigenvalue weighted by Crippen LogP contribution is 2.28. The van der Waals surface area contributed by atoms with Gasteiger partial charge in [-0.05, 0) is 12.5 Å². The van der Waals surface area contributed by atoms with Crippen LogP contribution in [0.4, 0.5) is 4.39 Å². The maximum absolute atomic E-state index is 14.1. The van der Waals surface area contributed by atoms with E-state index in [0.717, 1.165) is 6.42 Å². The lowest BCUT2D eigenvalue weighted by molar-refractivity contribution is 0.152. The molecule has 1 rings (SSSR count). The molecule has 0 fully saturated rings. The van der Waals surface area contributed by atoms with Crippen molar-refractivity contribution in [3.05, 3.63) is 18.0 Å². The fourth-order valence-corrected chi connectivity index (χ4v) is 1.38. The molecule has 0 radical (unpaired) electrons. The minimum atomic E-state index is -1.45. The highest BCUT2D eigenvalue weighted by atomic mass is 19.1. The lowest BCUT2D eigenvalue weighted by Crippen LogP contribution is -2.30. The van der Waals surface area contributed by atoms with E-state index in [4.69, 9.17) is 5.73 Å². The van der Waals surface area contributed by atoms with Crippen molar-refractivity contribution in [3.8, 4) is 0 Å². The minimum Gasteiger partial charge on any atom is -0.327 e. The number of hydrogen-bond acceptors (Lipinski definition) is 2. The van der Waals surface area contributed by atoms with E-state index in [2.05, 4.69) is 5.10 Å². The Bertz CT molecular complexity index is 272. The van der Waals surface area contributed by atoms with Gasteiger partial charge in [-0.3, -0.25) is 4.68 Å². The summed E-state index contributed by atoms with van der Waals surface area (Å²) in [6.07, 6.45) is 2.93. The lowest BCUT2D eigenvalue weighted by atomic mass is 9.97. The van der Waals surface area contributed by atoms with Gasteiger partial charge in [0.1, 0.15) is 5.69 Å². The molecule has 0 bridgehead atoms. The summed E-state index contributed by atoms with van der Waals surface area (Å²) in [4.78, 5) is 0. The van der Waals surface area contributed by atoms with Gasteiger partial charge in [-0.2, -0.15) is 5.10 Å². The van der Waals surface area contributed by atoms with Crippen molar-refractivity contribution < 1.29 is 4.39 Å². The van der Waals surface area contributed by atoms with Crippen molar-refractivity contribution in [3.63, 3.8) is 0 Å². The van der Waals surface area contributed by atoms with Gasteiger partial charge in [-0.25, -0.2) is 4.39 Å². The van der Waals surface area contributed by atoms with Gasteiger partial charge >= 0.3 is 0 Å². The first kappa shape index (κ1) is 10.2. The zero-order chi connectivity index (χ0) is 9.90. The van der Waals surface area contributed by atoms with Crippen molar-refractivity contribution in [1.82, 2.24) is 9.78 Å². The molecule has 13 heavy (non-hydrogen) atoms. The van der Waals surface area contributed by atoms with Crippen LogP contribution in [-0.4, -0.2) is 16.3 Å². The van der Waals surface area contributed by atoms with E-state index in [1.807, 2.05) is 6.92 Å². The van der Waals surface area contributed by atoms with E-state index in [1.54, 1.807) is 24.0 Å². The third kappa shape index (κ3) is 2.06. The summed E-state index contributed by atoms with van der Waals surface area (Å²) in [5.41, 5.74) is 4.41. The number of rotatable bonds is 4. The normalized spacial score (nSPS) is 15.7. The summed E-state index contributed by atoms with van der Waals surface area (Å²) in [6, 6.07) is 1.68. The summed E-state index contributed by atoms with van der Waals surface area (Å²) in [5.74, 6) is 0. The second kappa shape index (κ2) is 3.87. The number of hydrogen-bond donors (Lipinski definition) is 1. The molecule has 4 heteroatoms. The standard InChI is InChI=1S/C9H16FN3/c1-3-5-9(10,7-11)8-4-6-13(2)12-8/h4,6H,3,5,7,11H2,1-2H3. The van der Waals surface area contributed by atoms with Crippen LogP contribution in [0.15, 0.2) is 12.3 Å². The predicted molar refractivity (Wildman–Crippen MR) is 50.0 cm³/mol. The zero-order valence-corrected chi connectivity index (χ0v) is 8.13. The Morgan fingerprint density at radius 1 is 1.69 bits per heavy atom. The number of aromatic nitrogens is 2. The van der Waals surface area contributed by atoms with E-state index >= 15 is 0 Å². The zero-order valence-electron chi connectivity index (χ0n) is 8.13. The molecule has 1 aromatic rings. The van der Waals surface area contributed by atoms with Gasteiger partial charge in [0.05, 0.1) is 0 Å². The molecule has 0 aliphatic rings. The molecule has 0 aliphatic carbocycles. The van der Waals surface area contributed by atoms with E-state index < -0.39 is 5.67 Å². The quantitative estimate of drug-likeness (QED) is 0.769. The molecule has 0 aliphatic heterocycles. The Kier molecular flexibility index (Phi) is 3.03. The van der Waals surface area contributed by atoms with Crippen molar-refractivity contribution in [2.75, 3.05) is 6.54 Å². The van der Waals surface area contributed by atoms with Crippen molar-refractivity contribution >= 4 is 0 Å². The molecule has 0 saturated heterocycles. The van der Waals surface area contributed by atoms with Crippen LogP contribution < -0.4 is 5.73 Å². The lowest BCUT2D eigenvalue weighted by Gasteiger charge is -2.20. The van der Waals surface area contributed by atoms with Gasteiger partial charge in [-0.1, -0.05) is 13.3 Å². The van der Waals surface area contributed by atoms with Crippen LogP contribution in [-0.2, 0) is 12.7 Å². The smallest absolute Gasteiger partial charge is 0.166 e. The molecule has 0 amide bonds. The number of nitrogens with two attached hydrogens (primary N) is 1. The highest BCUT2D eigenvalue weighted by molar-refractivity contribution is 5.11. The summed E-state index contributed by atoms with van der Waals surface area (Å²) < 4.78 is 15.7. The number of aryl methyl sites for hydroxylation is 1. The highest BCUT2D eigenvalue weighted by Gasteiger charge is 2.31. The summed E-state index contributed by atoms with van der Waals surface area (Å²) in [6.45, 7) is 1.94. The predicted octanol–water partition coefficient (Wildman–Crippen LogP) is 1.34. The fraction of sp³-hybridized carbons (Fsp3) is 0.667. The summed E-state index contributed by atoms with van der Waals surface area (Å²) in [5, 5.41) is 4.03. The van der Waals surface area contributed by atoms with E-state index in [0.29, 0.717) is 12.1 Å². The van der Waals surface area contributed by atoms with Crippen LogP contribution in [0.5, 0.6) is 0 Å². The van der Waals surface area contributed by atoms with Gasteiger partial charge in [0.15, 0.2) is 5.67 Å². The maximum Gasteiger partial charge on any atom is 0.166 e. The van der Waals surface area contributed by atoms with Crippen molar-refractivity contribution in [1.29, 1.82) is 0 Å². The topological polar surface area (TPSA) is 43.8 Å². The first-order chi connectivity index (χ1) is 6.12. The van der Waals surface area contributed by atoms with Gasteiger partial charge < -0.3 is 5.73 Å². The monoisotopic (exact) mass is 185 g/mol. The summed E-state index contributed by atoms with van der Waals surface area (Å²) in [7, 11) is 1.77. The van der Waals surface area contributed by atoms with Crippen molar-refractivity contribution in [2.45, 2.75) is 25.4 Å². The molecule has 74 valence electrons. The number of halogens is 1.